The molecule has 0 spiro atoms. The van der Waals surface area contributed by atoms with E-state index in [4.69, 9.17) is 5.11 Å². The summed E-state index contributed by atoms with van der Waals surface area (Å²) < 4.78 is 1.92. The maximum absolute atomic E-state index is 10.6. The van der Waals surface area contributed by atoms with Crippen molar-refractivity contribution in [2.24, 2.45) is 0 Å². The molecule has 0 saturated heterocycles. The Morgan fingerprint density at radius 2 is 2.39 bits per heavy atom. The molecular weight excluding hydrogens is 272 g/mol. The fourth-order valence-electron chi connectivity index (χ4n) is 1.45. The topological polar surface area (TPSA) is 80.9 Å². The van der Waals surface area contributed by atoms with Gasteiger partial charge in [0.05, 0.1) is 23.5 Å². The third kappa shape index (κ3) is 3.08. The summed E-state index contributed by atoms with van der Waals surface area (Å²) in [4.78, 5) is 14.8. The summed E-state index contributed by atoms with van der Waals surface area (Å²) in [6.45, 7) is 2.58. The second kappa shape index (κ2) is 5.96. The summed E-state index contributed by atoms with van der Waals surface area (Å²) in [6.07, 6.45) is 0.755. The number of nitrogens with zero attached hydrogens (tertiary/aromatic N) is 4. The van der Waals surface area contributed by atoms with Gasteiger partial charge in [-0.15, -0.1) is 21.5 Å². The van der Waals surface area contributed by atoms with E-state index in [0.29, 0.717) is 11.7 Å². The Bertz CT molecular complexity index is 524. The van der Waals surface area contributed by atoms with Gasteiger partial charge in [-0.25, -0.2) is 4.98 Å². The smallest absolute Gasteiger partial charge is 0.313 e. The summed E-state index contributed by atoms with van der Waals surface area (Å²) in [5.74, 6) is -0.0315. The van der Waals surface area contributed by atoms with Gasteiger partial charge in [0.15, 0.2) is 5.16 Å². The fourth-order valence-corrected chi connectivity index (χ4v) is 2.68. The van der Waals surface area contributed by atoms with Gasteiger partial charge < -0.3 is 5.11 Å². The number of thioether (sulfide) groups is 1. The Kier molecular flexibility index (Phi) is 4.32. The van der Waals surface area contributed by atoms with E-state index in [1.165, 1.54) is 23.1 Å². The van der Waals surface area contributed by atoms with Gasteiger partial charge in [0.1, 0.15) is 5.82 Å². The van der Waals surface area contributed by atoms with Crippen LogP contribution in [-0.2, 0) is 17.8 Å². The molecule has 8 heteroatoms. The molecule has 2 heterocycles. The molecule has 0 unspecified atom stereocenters. The lowest BCUT2D eigenvalue weighted by atomic mass is 10.4. The molecule has 2 rings (SSSR count). The van der Waals surface area contributed by atoms with Gasteiger partial charge in [0, 0.05) is 11.8 Å². The molecule has 1 N–H and O–H groups in total. The molecule has 0 aliphatic rings. The van der Waals surface area contributed by atoms with E-state index in [9.17, 15) is 4.79 Å². The molecule has 2 aromatic rings. The van der Waals surface area contributed by atoms with E-state index in [1.807, 2.05) is 16.9 Å². The number of carboxylic acid groups (broad SMARTS) is 1. The van der Waals surface area contributed by atoms with E-state index >= 15 is 0 Å². The molecule has 0 atom stereocenters. The highest BCUT2D eigenvalue weighted by molar-refractivity contribution is 7.99. The summed E-state index contributed by atoms with van der Waals surface area (Å²) in [5, 5.41) is 19.4. The van der Waals surface area contributed by atoms with Crippen LogP contribution in [0.2, 0.25) is 0 Å². The quantitative estimate of drug-likeness (QED) is 0.810. The lowest BCUT2D eigenvalue weighted by Gasteiger charge is -2.06. The standard InChI is InChI=1S/C10H12N4O2S2/c1-2-8-12-13-10(18-5-9(15)16)14(8)3-7-4-17-6-11-7/h4,6H,2-3,5H2,1H3,(H,15,16). The van der Waals surface area contributed by atoms with Crippen molar-refractivity contribution in [3.8, 4) is 0 Å². The van der Waals surface area contributed by atoms with Crippen molar-refractivity contribution in [3.63, 3.8) is 0 Å². The highest BCUT2D eigenvalue weighted by Gasteiger charge is 2.13. The average Bonchev–Trinajstić information content (AvgIpc) is 2.97. The van der Waals surface area contributed by atoms with Gasteiger partial charge in [-0.3, -0.25) is 9.36 Å². The second-order valence-electron chi connectivity index (χ2n) is 3.50. The zero-order chi connectivity index (χ0) is 13.0. The molecular formula is C10H12N4O2S2. The van der Waals surface area contributed by atoms with E-state index in [2.05, 4.69) is 15.2 Å². The van der Waals surface area contributed by atoms with Crippen LogP contribution in [0, 0.1) is 0 Å². The van der Waals surface area contributed by atoms with E-state index in [0.717, 1.165) is 17.9 Å². The molecule has 0 aromatic carbocycles. The molecule has 0 saturated carbocycles. The minimum absolute atomic E-state index is 0.0150. The Labute approximate surface area is 112 Å². The first kappa shape index (κ1) is 13.0. The van der Waals surface area contributed by atoms with Crippen molar-refractivity contribution in [2.45, 2.75) is 25.0 Å². The number of aliphatic carboxylic acids is 1. The van der Waals surface area contributed by atoms with Gasteiger partial charge in [-0.05, 0) is 0 Å². The lowest BCUT2D eigenvalue weighted by molar-refractivity contribution is -0.133. The van der Waals surface area contributed by atoms with E-state index in [-0.39, 0.29) is 5.75 Å². The number of hydrogen-bond donors (Lipinski definition) is 1. The van der Waals surface area contributed by atoms with Crippen molar-refractivity contribution in [2.75, 3.05) is 5.75 Å². The number of carbonyl (C=O) groups is 1. The number of rotatable bonds is 6. The highest BCUT2D eigenvalue weighted by atomic mass is 32.2. The molecule has 2 aromatic heterocycles. The predicted molar refractivity (Wildman–Crippen MR) is 69.0 cm³/mol. The highest BCUT2D eigenvalue weighted by Crippen LogP contribution is 2.18. The minimum atomic E-state index is -0.860. The first-order valence-corrected chi connectivity index (χ1v) is 7.27. The van der Waals surface area contributed by atoms with Crippen molar-refractivity contribution in [3.05, 3.63) is 22.4 Å². The third-order valence-electron chi connectivity index (χ3n) is 2.24. The van der Waals surface area contributed by atoms with Crippen LogP contribution < -0.4 is 0 Å². The number of aromatic nitrogens is 4. The van der Waals surface area contributed by atoms with Crippen LogP contribution in [0.5, 0.6) is 0 Å². The molecule has 0 fully saturated rings. The van der Waals surface area contributed by atoms with Gasteiger partial charge in [-0.2, -0.15) is 0 Å². The van der Waals surface area contributed by atoms with Crippen LogP contribution in [0.15, 0.2) is 16.0 Å². The van der Waals surface area contributed by atoms with E-state index < -0.39 is 5.97 Å². The Hall–Kier alpha value is -1.41. The number of hydrogen-bond acceptors (Lipinski definition) is 6. The van der Waals surface area contributed by atoms with Crippen molar-refractivity contribution in [1.29, 1.82) is 0 Å². The first-order chi connectivity index (χ1) is 8.70. The summed E-state index contributed by atoms with van der Waals surface area (Å²) in [5.41, 5.74) is 2.71. The zero-order valence-electron chi connectivity index (χ0n) is 9.74. The van der Waals surface area contributed by atoms with Crippen LogP contribution in [0.25, 0.3) is 0 Å². The molecule has 18 heavy (non-hydrogen) atoms. The molecule has 0 aliphatic heterocycles. The predicted octanol–water partition coefficient (Wildman–Crippen LogP) is 1.52. The second-order valence-corrected chi connectivity index (χ2v) is 5.16. The van der Waals surface area contributed by atoms with Crippen LogP contribution in [0.1, 0.15) is 18.4 Å². The van der Waals surface area contributed by atoms with Crippen LogP contribution >= 0.6 is 23.1 Å². The average molecular weight is 284 g/mol. The van der Waals surface area contributed by atoms with Crippen molar-refractivity contribution < 1.29 is 9.90 Å². The number of thiazole rings is 1. The summed E-state index contributed by atoms with van der Waals surface area (Å²) in [6, 6.07) is 0. The normalized spacial score (nSPS) is 10.7. The van der Waals surface area contributed by atoms with Gasteiger partial charge >= 0.3 is 5.97 Å². The molecule has 0 radical (unpaired) electrons. The largest absolute Gasteiger partial charge is 0.481 e. The van der Waals surface area contributed by atoms with Crippen LogP contribution in [0.3, 0.4) is 0 Å². The first-order valence-electron chi connectivity index (χ1n) is 5.34. The van der Waals surface area contributed by atoms with Crippen LogP contribution in [-0.4, -0.2) is 36.6 Å². The third-order valence-corrected chi connectivity index (χ3v) is 3.82. The fraction of sp³-hybridized carbons (Fsp3) is 0.400. The molecule has 0 aliphatic carbocycles. The molecule has 0 bridgehead atoms. The molecule has 0 amide bonds. The SMILES string of the molecule is CCc1nnc(SCC(=O)O)n1Cc1cscn1. The Morgan fingerprint density at radius 3 is 3.00 bits per heavy atom. The number of carboxylic acids is 1. The molecule has 6 nitrogen and oxygen atoms in total. The van der Waals surface area contributed by atoms with Gasteiger partial charge in [0.25, 0.3) is 0 Å². The monoisotopic (exact) mass is 284 g/mol. The van der Waals surface area contributed by atoms with E-state index in [1.54, 1.807) is 5.51 Å². The summed E-state index contributed by atoms with van der Waals surface area (Å²) >= 11 is 2.71. The number of aryl methyl sites for hydroxylation is 1. The maximum Gasteiger partial charge on any atom is 0.313 e. The summed E-state index contributed by atoms with van der Waals surface area (Å²) in [7, 11) is 0. The maximum atomic E-state index is 10.6. The molecule has 96 valence electrons. The van der Waals surface area contributed by atoms with Crippen LogP contribution in [0.4, 0.5) is 0 Å². The van der Waals surface area contributed by atoms with Crippen molar-refractivity contribution in [1.82, 2.24) is 19.7 Å². The lowest BCUT2D eigenvalue weighted by Crippen LogP contribution is -2.07. The van der Waals surface area contributed by atoms with Gasteiger partial charge in [0.2, 0.25) is 0 Å². The Morgan fingerprint density at radius 1 is 1.56 bits per heavy atom. The van der Waals surface area contributed by atoms with Crippen molar-refractivity contribution >= 4 is 29.1 Å². The Balaban J connectivity index is 2.19. The zero-order valence-corrected chi connectivity index (χ0v) is 11.4. The minimum Gasteiger partial charge on any atom is -0.481 e. The van der Waals surface area contributed by atoms with Gasteiger partial charge in [-0.1, -0.05) is 18.7 Å².